The van der Waals surface area contributed by atoms with Crippen molar-refractivity contribution in [2.75, 3.05) is 12.1 Å². The van der Waals surface area contributed by atoms with Gasteiger partial charge >= 0.3 is 0 Å². The van der Waals surface area contributed by atoms with Gasteiger partial charge in [-0.05, 0) is 24.3 Å². The molecule has 5 nitrogen and oxygen atoms in total. The second kappa shape index (κ2) is 6.13. The Hall–Kier alpha value is -3.08. The topological polar surface area (TPSA) is 58.4 Å². The Morgan fingerprint density at radius 3 is 2.45 bits per heavy atom. The SMILES string of the molecule is CN(NC(=O)c1ccc(-c2cnco2)cc1)c1ccccc1. The molecular weight excluding hydrogens is 278 g/mol. The van der Waals surface area contributed by atoms with E-state index in [9.17, 15) is 4.79 Å². The van der Waals surface area contributed by atoms with Gasteiger partial charge in [0.15, 0.2) is 12.2 Å². The maximum Gasteiger partial charge on any atom is 0.269 e. The van der Waals surface area contributed by atoms with Crippen LogP contribution in [0.1, 0.15) is 10.4 Å². The number of rotatable bonds is 4. The number of hydrogen-bond acceptors (Lipinski definition) is 4. The van der Waals surface area contributed by atoms with Crippen LogP contribution in [0.5, 0.6) is 0 Å². The van der Waals surface area contributed by atoms with Crippen LogP contribution >= 0.6 is 0 Å². The minimum absolute atomic E-state index is 0.171. The Morgan fingerprint density at radius 1 is 1.09 bits per heavy atom. The molecule has 0 aliphatic heterocycles. The molecule has 3 aromatic rings. The minimum atomic E-state index is -0.171. The van der Waals surface area contributed by atoms with Crippen LogP contribution < -0.4 is 10.4 Å². The first kappa shape index (κ1) is 13.9. The van der Waals surface area contributed by atoms with Crippen molar-refractivity contribution in [2.45, 2.75) is 0 Å². The molecule has 110 valence electrons. The average Bonchev–Trinajstić information content (AvgIpc) is 3.10. The van der Waals surface area contributed by atoms with Gasteiger partial charge in [-0.3, -0.25) is 15.2 Å². The van der Waals surface area contributed by atoms with Crippen LogP contribution in [-0.4, -0.2) is 17.9 Å². The van der Waals surface area contributed by atoms with Crippen molar-refractivity contribution >= 4 is 11.6 Å². The third-order valence-corrected chi connectivity index (χ3v) is 3.28. The summed E-state index contributed by atoms with van der Waals surface area (Å²) in [5.41, 5.74) is 5.19. The van der Waals surface area contributed by atoms with Crippen LogP contribution in [0.4, 0.5) is 5.69 Å². The summed E-state index contributed by atoms with van der Waals surface area (Å²) in [4.78, 5) is 16.1. The number of carbonyl (C=O) groups excluding carboxylic acids is 1. The molecule has 3 rings (SSSR count). The van der Waals surface area contributed by atoms with E-state index in [4.69, 9.17) is 4.42 Å². The number of nitrogens with one attached hydrogen (secondary N) is 1. The van der Waals surface area contributed by atoms with E-state index in [1.807, 2.05) is 42.5 Å². The lowest BCUT2D eigenvalue weighted by atomic mass is 10.1. The fraction of sp³-hybridized carbons (Fsp3) is 0.0588. The molecule has 0 saturated carbocycles. The van der Waals surface area contributed by atoms with Gasteiger partial charge in [0, 0.05) is 18.2 Å². The zero-order valence-corrected chi connectivity index (χ0v) is 12.1. The van der Waals surface area contributed by atoms with Crippen molar-refractivity contribution in [1.29, 1.82) is 0 Å². The molecule has 0 atom stereocenters. The standard InChI is InChI=1S/C17H15N3O2/c1-20(15-5-3-2-4-6-15)19-17(21)14-9-7-13(8-10-14)16-11-18-12-22-16/h2-12H,1H3,(H,19,21). The van der Waals surface area contributed by atoms with Crippen molar-refractivity contribution < 1.29 is 9.21 Å². The van der Waals surface area contributed by atoms with Crippen molar-refractivity contribution in [3.8, 4) is 11.3 Å². The summed E-state index contributed by atoms with van der Waals surface area (Å²) in [5, 5.41) is 1.69. The van der Waals surface area contributed by atoms with E-state index >= 15 is 0 Å². The largest absolute Gasteiger partial charge is 0.444 e. The van der Waals surface area contributed by atoms with Crippen LogP contribution in [0, 0.1) is 0 Å². The molecule has 0 bridgehead atoms. The highest BCUT2D eigenvalue weighted by Crippen LogP contribution is 2.19. The van der Waals surface area contributed by atoms with Gasteiger partial charge in [0.1, 0.15) is 0 Å². The molecule has 0 radical (unpaired) electrons. The molecule has 2 aromatic carbocycles. The lowest BCUT2D eigenvalue weighted by Crippen LogP contribution is -2.39. The minimum Gasteiger partial charge on any atom is -0.444 e. The highest BCUT2D eigenvalue weighted by Gasteiger charge is 2.09. The second-order valence-electron chi connectivity index (χ2n) is 4.78. The van der Waals surface area contributed by atoms with Crippen LogP contribution in [0.2, 0.25) is 0 Å². The lowest BCUT2D eigenvalue weighted by molar-refractivity contribution is 0.0951. The molecule has 1 N–H and O–H groups in total. The van der Waals surface area contributed by atoms with Gasteiger partial charge < -0.3 is 4.42 Å². The Morgan fingerprint density at radius 2 is 1.82 bits per heavy atom. The lowest BCUT2D eigenvalue weighted by Gasteiger charge is -2.20. The van der Waals surface area contributed by atoms with Crippen molar-refractivity contribution in [3.05, 3.63) is 72.8 Å². The molecule has 1 aromatic heterocycles. The number of oxazole rings is 1. The summed E-state index contributed by atoms with van der Waals surface area (Å²) in [6.07, 6.45) is 3.02. The van der Waals surface area contributed by atoms with Crippen LogP contribution in [0.15, 0.2) is 71.6 Å². The van der Waals surface area contributed by atoms with Crippen molar-refractivity contribution in [3.63, 3.8) is 0 Å². The van der Waals surface area contributed by atoms with E-state index in [2.05, 4.69) is 10.4 Å². The first-order valence-electron chi connectivity index (χ1n) is 6.83. The summed E-state index contributed by atoms with van der Waals surface area (Å²) in [6, 6.07) is 16.8. The molecule has 22 heavy (non-hydrogen) atoms. The molecule has 1 amide bonds. The molecule has 1 heterocycles. The second-order valence-corrected chi connectivity index (χ2v) is 4.78. The first-order valence-corrected chi connectivity index (χ1v) is 6.83. The number of para-hydroxylation sites is 1. The maximum absolute atomic E-state index is 12.2. The highest BCUT2D eigenvalue weighted by atomic mass is 16.3. The smallest absolute Gasteiger partial charge is 0.269 e. The normalized spacial score (nSPS) is 10.2. The highest BCUT2D eigenvalue weighted by molar-refractivity contribution is 5.95. The summed E-state index contributed by atoms with van der Waals surface area (Å²) in [7, 11) is 1.80. The fourth-order valence-electron chi connectivity index (χ4n) is 2.08. The predicted molar refractivity (Wildman–Crippen MR) is 84.3 cm³/mol. The van der Waals surface area contributed by atoms with Gasteiger partial charge in [-0.1, -0.05) is 30.3 Å². The summed E-state index contributed by atoms with van der Waals surface area (Å²) in [6.45, 7) is 0. The number of anilines is 1. The predicted octanol–water partition coefficient (Wildman–Crippen LogP) is 3.12. The van der Waals surface area contributed by atoms with Crippen molar-refractivity contribution in [1.82, 2.24) is 10.4 Å². The Labute approximate surface area is 128 Å². The number of benzene rings is 2. The summed E-state index contributed by atoms with van der Waals surface area (Å²) < 4.78 is 5.22. The third kappa shape index (κ3) is 2.98. The van der Waals surface area contributed by atoms with Crippen molar-refractivity contribution in [2.24, 2.45) is 0 Å². The van der Waals surface area contributed by atoms with Crippen LogP contribution in [0.25, 0.3) is 11.3 Å². The molecule has 0 unspecified atom stereocenters. The number of amides is 1. The Balaban J connectivity index is 1.70. The molecule has 0 aliphatic rings. The third-order valence-electron chi connectivity index (χ3n) is 3.28. The van der Waals surface area contributed by atoms with Gasteiger partial charge in [-0.25, -0.2) is 4.98 Å². The number of hydrazine groups is 1. The van der Waals surface area contributed by atoms with E-state index in [1.54, 1.807) is 30.4 Å². The Bertz CT molecular complexity index is 737. The summed E-state index contributed by atoms with van der Waals surface area (Å²) in [5.74, 6) is 0.504. The van der Waals surface area contributed by atoms with Crippen LogP contribution in [-0.2, 0) is 0 Å². The Kier molecular flexibility index (Phi) is 3.87. The zero-order valence-electron chi connectivity index (χ0n) is 12.1. The maximum atomic E-state index is 12.2. The molecule has 0 saturated heterocycles. The first-order chi connectivity index (χ1) is 10.7. The van der Waals surface area contributed by atoms with E-state index in [1.165, 1.54) is 6.39 Å². The zero-order chi connectivity index (χ0) is 15.4. The monoisotopic (exact) mass is 293 g/mol. The van der Waals surface area contributed by atoms with E-state index in [-0.39, 0.29) is 5.91 Å². The van der Waals surface area contributed by atoms with Gasteiger partial charge in [0.05, 0.1) is 11.9 Å². The van der Waals surface area contributed by atoms with Gasteiger partial charge in [0.25, 0.3) is 5.91 Å². The average molecular weight is 293 g/mol. The summed E-state index contributed by atoms with van der Waals surface area (Å²) >= 11 is 0. The number of hydrogen-bond donors (Lipinski definition) is 1. The van der Waals surface area contributed by atoms with E-state index < -0.39 is 0 Å². The van der Waals surface area contributed by atoms with E-state index in [0.29, 0.717) is 11.3 Å². The van der Waals surface area contributed by atoms with Gasteiger partial charge in [-0.2, -0.15) is 0 Å². The van der Waals surface area contributed by atoms with Crippen LogP contribution in [0.3, 0.4) is 0 Å². The molecule has 0 spiro atoms. The number of aromatic nitrogens is 1. The molecular formula is C17H15N3O2. The fourth-order valence-corrected chi connectivity index (χ4v) is 2.08. The quantitative estimate of drug-likeness (QED) is 0.751. The van der Waals surface area contributed by atoms with Gasteiger partial charge in [0.2, 0.25) is 0 Å². The number of nitrogens with zero attached hydrogens (tertiary/aromatic N) is 2. The molecule has 5 heteroatoms. The number of carbonyl (C=O) groups is 1. The molecule has 0 fully saturated rings. The molecule has 0 aliphatic carbocycles. The van der Waals surface area contributed by atoms with E-state index in [0.717, 1.165) is 11.3 Å². The van der Waals surface area contributed by atoms with Gasteiger partial charge in [-0.15, -0.1) is 0 Å².